The van der Waals surface area contributed by atoms with Gasteiger partial charge in [-0.3, -0.25) is 0 Å². The van der Waals surface area contributed by atoms with Gasteiger partial charge < -0.3 is 14.9 Å². The van der Waals surface area contributed by atoms with Crippen LogP contribution in [-0.4, -0.2) is 34.3 Å². The first-order valence-corrected chi connectivity index (χ1v) is 5.46. The van der Waals surface area contributed by atoms with Crippen LogP contribution in [0.2, 0.25) is 0 Å². The van der Waals surface area contributed by atoms with Crippen molar-refractivity contribution >= 4 is 5.97 Å². The number of aromatic carboxylic acids is 1. The minimum atomic E-state index is -1.15. The Bertz CT molecular complexity index is 382. The Morgan fingerprint density at radius 1 is 1.69 bits per heavy atom. The number of hydrogen-bond acceptors (Lipinski definition) is 5. The lowest BCUT2D eigenvalue weighted by Crippen LogP contribution is -2.29. The molecule has 1 fully saturated rings. The lowest BCUT2D eigenvalue weighted by atomic mass is 9.82. The molecule has 1 atom stereocenters. The van der Waals surface area contributed by atoms with Crippen LogP contribution in [0.25, 0.3) is 0 Å². The SMILES string of the molecule is CCCC1(c2nc(C(=O)O)no2)CCNC1. The van der Waals surface area contributed by atoms with Gasteiger partial charge >= 0.3 is 5.97 Å². The highest BCUT2D eigenvalue weighted by molar-refractivity contribution is 5.82. The van der Waals surface area contributed by atoms with Gasteiger partial charge in [-0.05, 0) is 24.5 Å². The Balaban J connectivity index is 2.28. The maximum atomic E-state index is 10.7. The van der Waals surface area contributed by atoms with Crippen LogP contribution in [0.15, 0.2) is 4.52 Å². The number of hydrogen-bond donors (Lipinski definition) is 2. The van der Waals surface area contributed by atoms with Gasteiger partial charge in [0.2, 0.25) is 5.89 Å². The van der Waals surface area contributed by atoms with E-state index in [0.29, 0.717) is 5.89 Å². The largest absolute Gasteiger partial charge is 0.475 e. The quantitative estimate of drug-likeness (QED) is 0.788. The molecule has 1 aliphatic rings. The van der Waals surface area contributed by atoms with E-state index in [2.05, 4.69) is 22.4 Å². The average molecular weight is 225 g/mol. The summed E-state index contributed by atoms with van der Waals surface area (Å²) in [4.78, 5) is 14.7. The molecule has 6 heteroatoms. The molecule has 6 nitrogen and oxygen atoms in total. The summed E-state index contributed by atoms with van der Waals surface area (Å²) in [6.45, 7) is 3.78. The zero-order valence-corrected chi connectivity index (χ0v) is 9.19. The molecule has 0 aliphatic carbocycles. The van der Waals surface area contributed by atoms with E-state index >= 15 is 0 Å². The Morgan fingerprint density at radius 3 is 3.00 bits per heavy atom. The molecule has 2 rings (SSSR count). The number of carbonyl (C=O) groups is 1. The molecule has 88 valence electrons. The number of rotatable bonds is 4. The minimum absolute atomic E-state index is 0.171. The third kappa shape index (κ3) is 1.80. The molecule has 2 heterocycles. The predicted octanol–water partition coefficient (Wildman–Crippen LogP) is 0.799. The van der Waals surface area contributed by atoms with Crippen molar-refractivity contribution in [2.75, 3.05) is 13.1 Å². The first-order valence-electron chi connectivity index (χ1n) is 5.46. The summed E-state index contributed by atoms with van der Waals surface area (Å²) in [5.74, 6) is -0.943. The van der Waals surface area contributed by atoms with Crippen molar-refractivity contribution in [3.63, 3.8) is 0 Å². The summed E-state index contributed by atoms with van der Waals surface area (Å²) in [7, 11) is 0. The van der Waals surface area contributed by atoms with Gasteiger partial charge in [-0.2, -0.15) is 4.98 Å². The van der Waals surface area contributed by atoms with E-state index in [4.69, 9.17) is 9.63 Å². The van der Waals surface area contributed by atoms with E-state index in [9.17, 15) is 4.79 Å². The van der Waals surface area contributed by atoms with E-state index in [1.807, 2.05) is 0 Å². The van der Waals surface area contributed by atoms with Crippen LogP contribution in [0, 0.1) is 0 Å². The summed E-state index contributed by atoms with van der Waals surface area (Å²) < 4.78 is 5.08. The zero-order chi connectivity index (χ0) is 11.6. The molecule has 1 aromatic heterocycles. The number of aromatic nitrogens is 2. The summed E-state index contributed by atoms with van der Waals surface area (Å²) in [5, 5.41) is 15.5. The molecular formula is C10H15N3O3. The minimum Gasteiger partial charge on any atom is -0.475 e. The fraction of sp³-hybridized carbons (Fsp3) is 0.700. The lowest BCUT2D eigenvalue weighted by molar-refractivity contribution is 0.0680. The smallest absolute Gasteiger partial charge is 0.377 e. The predicted molar refractivity (Wildman–Crippen MR) is 55.3 cm³/mol. The van der Waals surface area contributed by atoms with Crippen molar-refractivity contribution in [2.45, 2.75) is 31.6 Å². The van der Waals surface area contributed by atoms with Crippen LogP contribution < -0.4 is 5.32 Å². The summed E-state index contributed by atoms with van der Waals surface area (Å²) >= 11 is 0. The van der Waals surface area contributed by atoms with Crippen LogP contribution in [0.3, 0.4) is 0 Å². The van der Waals surface area contributed by atoms with Gasteiger partial charge in [-0.15, -0.1) is 0 Å². The molecule has 0 radical (unpaired) electrons. The standard InChI is InChI=1S/C10H15N3O3/c1-2-3-10(4-5-11-6-10)9-12-7(8(14)15)13-16-9/h11H,2-6H2,1H3,(H,14,15). The normalized spacial score (nSPS) is 24.8. The van der Waals surface area contributed by atoms with Crippen LogP contribution in [0.1, 0.15) is 42.7 Å². The summed E-state index contributed by atoms with van der Waals surface area (Å²) in [6.07, 6.45) is 2.86. The number of carboxylic acid groups (broad SMARTS) is 1. The van der Waals surface area contributed by atoms with Crippen molar-refractivity contribution in [1.82, 2.24) is 15.5 Å². The third-order valence-electron chi connectivity index (χ3n) is 3.04. The van der Waals surface area contributed by atoms with Crippen molar-refractivity contribution in [3.8, 4) is 0 Å². The maximum Gasteiger partial charge on any atom is 0.377 e. The Kier molecular flexibility index (Phi) is 2.91. The second-order valence-corrected chi connectivity index (χ2v) is 4.19. The van der Waals surface area contributed by atoms with Crippen molar-refractivity contribution < 1.29 is 14.4 Å². The van der Waals surface area contributed by atoms with Crippen LogP contribution in [0.5, 0.6) is 0 Å². The first kappa shape index (κ1) is 11.1. The lowest BCUT2D eigenvalue weighted by Gasteiger charge is -2.22. The molecule has 0 aromatic carbocycles. The molecule has 2 N–H and O–H groups in total. The third-order valence-corrected chi connectivity index (χ3v) is 3.04. The molecule has 0 saturated carbocycles. The highest BCUT2D eigenvalue weighted by Gasteiger charge is 2.40. The van der Waals surface area contributed by atoms with E-state index in [1.165, 1.54) is 0 Å². The van der Waals surface area contributed by atoms with Crippen LogP contribution in [0.4, 0.5) is 0 Å². The molecule has 1 saturated heterocycles. The second-order valence-electron chi connectivity index (χ2n) is 4.19. The molecule has 1 unspecified atom stereocenters. The maximum absolute atomic E-state index is 10.7. The van der Waals surface area contributed by atoms with Gasteiger partial charge in [0, 0.05) is 6.54 Å². The summed E-state index contributed by atoms with van der Waals surface area (Å²) in [6, 6.07) is 0. The monoisotopic (exact) mass is 225 g/mol. The van der Waals surface area contributed by atoms with E-state index in [-0.39, 0.29) is 11.2 Å². The number of carboxylic acids is 1. The number of nitrogens with one attached hydrogen (secondary N) is 1. The van der Waals surface area contributed by atoms with E-state index in [0.717, 1.165) is 32.4 Å². The molecule has 16 heavy (non-hydrogen) atoms. The molecule has 0 bridgehead atoms. The van der Waals surface area contributed by atoms with E-state index in [1.54, 1.807) is 0 Å². The van der Waals surface area contributed by atoms with Gasteiger partial charge in [0.1, 0.15) is 0 Å². The van der Waals surface area contributed by atoms with Gasteiger partial charge in [-0.25, -0.2) is 4.79 Å². The molecule has 0 amide bonds. The van der Waals surface area contributed by atoms with Crippen molar-refractivity contribution in [1.29, 1.82) is 0 Å². The molecule has 0 spiro atoms. The Labute approximate surface area is 93.0 Å². The van der Waals surface area contributed by atoms with Crippen LogP contribution >= 0.6 is 0 Å². The average Bonchev–Trinajstić information content (AvgIpc) is 2.85. The van der Waals surface area contributed by atoms with E-state index < -0.39 is 5.97 Å². The van der Waals surface area contributed by atoms with Gasteiger partial charge in [-0.1, -0.05) is 13.3 Å². The zero-order valence-electron chi connectivity index (χ0n) is 9.19. The van der Waals surface area contributed by atoms with Gasteiger partial charge in [0.15, 0.2) is 0 Å². The number of nitrogens with zero attached hydrogens (tertiary/aromatic N) is 2. The first-order chi connectivity index (χ1) is 7.68. The second kappa shape index (κ2) is 4.21. The molecule has 1 aliphatic heterocycles. The Hall–Kier alpha value is -1.43. The summed E-state index contributed by atoms with van der Waals surface area (Å²) in [5.41, 5.74) is -0.171. The van der Waals surface area contributed by atoms with Crippen LogP contribution in [-0.2, 0) is 5.41 Å². The molecular weight excluding hydrogens is 210 g/mol. The fourth-order valence-corrected chi connectivity index (χ4v) is 2.25. The fourth-order valence-electron chi connectivity index (χ4n) is 2.25. The highest BCUT2D eigenvalue weighted by atomic mass is 16.5. The highest BCUT2D eigenvalue weighted by Crippen LogP contribution is 2.34. The van der Waals surface area contributed by atoms with Gasteiger partial charge in [0.05, 0.1) is 5.41 Å². The van der Waals surface area contributed by atoms with Gasteiger partial charge in [0.25, 0.3) is 5.82 Å². The van der Waals surface area contributed by atoms with Crippen molar-refractivity contribution in [2.24, 2.45) is 0 Å². The Morgan fingerprint density at radius 2 is 2.50 bits per heavy atom. The topological polar surface area (TPSA) is 88.2 Å². The molecule has 1 aromatic rings. The van der Waals surface area contributed by atoms with Crippen molar-refractivity contribution in [3.05, 3.63) is 11.7 Å².